The molecule has 2 aromatic heterocycles. The van der Waals surface area contributed by atoms with E-state index in [-0.39, 0.29) is 18.0 Å². The summed E-state index contributed by atoms with van der Waals surface area (Å²) in [6.45, 7) is 0.258. The first-order chi connectivity index (χ1) is 9.45. The number of imidazole rings is 1. The topological polar surface area (TPSA) is 69.9 Å². The van der Waals surface area contributed by atoms with Gasteiger partial charge in [0.15, 0.2) is 5.76 Å². The second kappa shape index (κ2) is 4.26. The summed E-state index contributed by atoms with van der Waals surface area (Å²) in [6.07, 6.45) is -2.93. The third kappa shape index (κ3) is 2.09. The van der Waals surface area contributed by atoms with Gasteiger partial charge in [-0.05, 0) is 18.2 Å². The van der Waals surface area contributed by atoms with Crippen LogP contribution in [0.5, 0.6) is 0 Å². The predicted molar refractivity (Wildman–Crippen MR) is 64.8 cm³/mol. The molecule has 0 radical (unpaired) electrons. The molecule has 2 heterocycles. The second-order valence-electron chi connectivity index (χ2n) is 4.24. The summed E-state index contributed by atoms with van der Waals surface area (Å²) in [5.41, 5.74) is 5.68. The Morgan fingerprint density at radius 3 is 2.70 bits per heavy atom. The van der Waals surface area contributed by atoms with Crippen molar-refractivity contribution in [3.63, 3.8) is 0 Å². The van der Waals surface area contributed by atoms with Crippen molar-refractivity contribution in [2.75, 3.05) is 5.73 Å². The van der Waals surface area contributed by atoms with Crippen LogP contribution in [0.1, 0.15) is 11.3 Å². The third-order valence-electron chi connectivity index (χ3n) is 2.91. The molecule has 0 atom stereocenters. The van der Waals surface area contributed by atoms with Gasteiger partial charge in [-0.25, -0.2) is 4.98 Å². The summed E-state index contributed by atoms with van der Waals surface area (Å²) in [4.78, 5) is 3.95. The van der Waals surface area contributed by atoms with Crippen molar-refractivity contribution in [3.8, 4) is 0 Å². The van der Waals surface area contributed by atoms with E-state index in [1.807, 2.05) is 0 Å². The Morgan fingerprint density at radius 1 is 1.25 bits per heavy atom. The number of anilines is 1. The zero-order valence-corrected chi connectivity index (χ0v) is 10.1. The maximum atomic E-state index is 12.6. The Bertz CT molecular complexity index is 746. The van der Waals surface area contributed by atoms with Crippen LogP contribution in [-0.2, 0) is 12.7 Å². The van der Waals surface area contributed by atoms with Gasteiger partial charge in [0, 0.05) is 6.07 Å². The monoisotopic (exact) mass is 282 g/mol. The smallest absolute Gasteiger partial charge is 0.369 e. The number of benzene rings is 1. The molecule has 0 unspecified atom stereocenters. The molecule has 0 amide bonds. The van der Waals surface area contributed by atoms with E-state index in [2.05, 4.69) is 10.1 Å². The largest absolute Gasteiger partial charge is 0.416 e. The number of alkyl halides is 3. The number of nitrogen functional groups attached to an aromatic ring is 1. The summed E-state index contributed by atoms with van der Waals surface area (Å²) >= 11 is 0. The number of nitrogens with zero attached hydrogens (tertiary/aromatic N) is 3. The Labute approximate surface area is 110 Å². The highest BCUT2D eigenvalue weighted by Crippen LogP contribution is 2.32. The fraction of sp³-hybridized carbons (Fsp3) is 0.167. The Balaban J connectivity index is 2.08. The first-order valence-electron chi connectivity index (χ1n) is 5.67. The molecule has 2 N–H and O–H groups in total. The first kappa shape index (κ1) is 12.5. The van der Waals surface area contributed by atoms with Gasteiger partial charge in [0.05, 0.1) is 29.3 Å². The number of hydrogen-bond donors (Lipinski definition) is 1. The van der Waals surface area contributed by atoms with Gasteiger partial charge in [0.1, 0.15) is 0 Å². The zero-order valence-electron chi connectivity index (χ0n) is 10.1. The third-order valence-corrected chi connectivity index (χ3v) is 2.91. The minimum atomic E-state index is -4.41. The lowest BCUT2D eigenvalue weighted by molar-refractivity contribution is -0.137. The Morgan fingerprint density at radius 2 is 2.05 bits per heavy atom. The number of fused-ring (bicyclic) bond motifs is 1. The molecule has 0 fully saturated rings. The average molecular weight is 282 g/mol. The first-order valence-corrected chi connectivity index (χ1v) is 5.67. The molecule has 0 aliphatic rings. The molecule has 20 heavy (non-hydrogen) atoms. The van der Waals surface area contributed by atoms with Crippen LogP contribution >= 0.6 is 0 Å². The fourth-order valence-electron chi connectivity index (χ4n) is 1.97. The molecule has 1 aromatic carbocycles. The van der Waals surface area contributed by atoms with Crippen molar-refractivity contribution < 1.29 is 17.7 Å². The molecule has 3 aromatic rings. The molecule has 5 nitrogen and oxygen atoms in total. The molecular formula is C12H9F3N4O. The van der Waals surface area contributed by atoms with E-state index >= 15 is 0 Å². The zero-order chi connectivity index (χ0) is 14.3. The average Bonchev–Trinajstić information content (AvgIpc) is 2.97. The van der Waals surface area contributed by atoms with Gasteiger partial charge in [0.2, 0.25) is 5.95 Å². The van der Waals surface area contributed by atoms with Gasteiger partial charge in [-0.3, -0.25) is 0 Å². The molecule has 8 heteroatoms. The Hall–Kier alpha value is -2.51. The number of halogens is 3. The molecule has 0 saturated carbocycles. The highest BCUT2D eigenvalue weighted by atomic mass is 19.4. The van der Waals surface area contributed by atoms with Crippen LogP contribution in [-0.4, -0.2) is 14.7 Å². The SMILES string of the molecule is Nc1nc2cc(C(F)(F)F)ccc2n1Cc1ccno1. The molecule has 3 rings (SSSR count). The number of aromatic nitrogens is 3. The van der Waals surface area contributed by atoms with Gasteiger partial charge in [-0.15, -0.1) is 0 Å². The van der Waals surface area contributed by atoms with Crippen LogP contribution in [0.15, 0.2) is 35.0 Å². The molecular weight excluding hydrogens is 273 g/mol. The van der Waals surface area contributed by atoms with Crippen LogP contribution in [0, 0.1) is 0 Å². The van der Waals surface area contributed by atoms with Gasteiger partial charge >= 0.3 is 6.18 Å². The summed E-state index contributed by atoms with van der Waals surface area (Å²) in [5, 5.41) is 3.56. The van der Waals surface area contributed by atoms with Crippen LogP contribution in [0.4, 0.5) is 19.1 Å². The molecule has 0 saturated heterocycles. The molecule has 104 valence electrons. The van der Waals surface area contributed by atoms with E-state index in [4.69, 9.17) is 10.3 Å². The van der Waals surface area contributed by atoms with Crippen molar-refractivity contribution in [2.45, 2.75) is 12.7 Å². The summed E-state index contributed by atoms with van der Waals surface area (Å²) in [7, 11) is 0. The normalized spacial score (nSPS) is 12.2. The van der Waals surface area contributed by atoms with Gasteiger partial charge < -0.3 is 14.8 Å². The number of rotatable bonds is 2. The molecule has 0 aliphatic carbocycles. The molecule has 0 bridgehead atoms. The lowest BCUT2D eigenvalue weighted by Crippen LogP contribution is -2.05. The van der Waals surface area contributed by atoms with Crippen molar-refractivity contribution in [3.05, 3.63) is 41.8 Å². The van der Waals surface area contributed by atoms with E-state index < -0.39 is 11.7 Å². The van der Waals surface area contributed by atoms with Gasteiger partial charge in [-0.1, -0.05) is 5.16 Å². The summed E-state index contributed by atoms with van der Waals surface area (Å²) < 4.78 is 44.4. The van der Waals surface area contributed by atoms with Crippen molar-refractivity contribution in [1.82, 2.24) is 14.7 Å². The van der Waals surface area contributed by atoms with Crippen molar-refractivity contribution >= 4 is 17.0 Å². The van der Waals surface area contributed by atoms with Crippen LogP contribution < -0.4 is 5.73 Å². The van der Waals surface area contributed by atoms with E-state index in [1.54, 1.807) is 10.6 Å². The van der Waals surface area contributed by atoms with Crippen LogP contribution in [0.2, 0.25) is 0 Å². The lowest BCUT2D eigenvalue weighted by Gasteiger charge is -2.07. The van der Waals surface area contributed by atoms with Gasteiger partial charge in [-0.2, -0.15) is 13.2 Å². The number of hydrogen-bond acceptors (Lipinski definition) is 4. The fourth-order valence-corrected chi connectivity index (χ4v) is 1.97. The number of nitrogens with two attached hydrogens (primary N) is 1. The second-order valence-corrected chi connectivity index (χ2v) is 4.24. The van der Waals surface area contributed by atoms with E-state index in [0.29, 0.717) is 11.3 Å². The van der Waals surface area contributed by atoms with Gasteiger partial charge in [0.25, 0.3) is 0 Å². The predicted octanol–water partition coefficient (Wildman–Crippen LogP) is 2.67. The highest BCUT2D eigenvalue weighted by molar-refractivity contribution is 5.79. The maximum absolute atomic E-state index is 12.6. The lowest BCUT2D eigenvalue weighted by atomic mass is 10.2. The maximum Gasteiger partial charge on any atom is 0.416 e. The minimum Gasteiger partial charge on any atom is -0.369 e. The standard InChI is InChI=1S/C12H9F3N4O/c13-12(14,15)7-1-2-10-9(5-7)18-11(16)19(10)6-8-3-4-17-20-8/h1-5H,6H2,(H2,16,18). The highest BCUT2D eigenvalue weighted by Gasteiger charge is 2.31. The quantitative estimate of drug-likeness (QED) is 0.784. The Kier molecular flexibility index (Phi) is 2.66. The van der Waals surface area contributed by atoms with Crippen LogP contribution in [0.3, 0.4) is 0 Å². The van der Waals surface area contributed by atoms with E-state index in [1.165, 1.54) is 12.3 Å². The van der Waals surface area contributed by atoms with Crippen molar-refractivity contribution in [2.24, 2.45) is 0 Å². The summed E-state index contributed by atoms with van der Waals surface area (Å²) in [5.74, 6) is 0.659. The summed E-state index contributed by atoms with van der Waals surface area (Å²) in [6, 6.07) is 4.97. The van der Waals surface area contributed by atoms with Crippen molar-refractivity contribution in [1.29, 1.82) is 0 Å². The van der Waals surface area contributed by atoms with E-state index in [0.717, 1.165) is 12.1 Å². The van der Waals surface area contributed by atoms with E-state index in [9.17, 15) is 13.2 Å². The minimum absolute atomic E-state index is 0.121. The van der Waals surface area contributed by atoms with Crippen LogP contribution in [0.25, 0.3) is 11.0 Å². The molecule has 0 aliphatic heterocycles. The molecule has 0 spiro atoms.